The topological polar surface area (TPSA) is 72.6 Å². The molecule has 1 fully saturated rings. The van der Waals surface area contributed by atoms with Gasteiger partial charge in [0.1, 0.15) is 0 Å². The predicted molar refractivity (Wildman–Crippen MR) is 82.8 cm³/mol. The summed E-state index contributed by atoms with van der Waals surface area (Å²) in [5.74, 6) is 0.125. The average Bonchev–Trinajstić information content (AvgIpc) is 2.44. The molecule has 6 heteroatoms. The molecule has 1 aliphatic heterocycles. The lowest BCUT2D eigenvalue weighted by Gasteiger charge is -2.35. The van der Waals surface area contributed by atoms with Gasteiger partial charge < -0.3 is 10.5 Å². The van der Waals surface area contributed by atoms with Crippen LogP contribution in [0.25, 0.3) is 0 Å². The van der Waals surface area contributed by atoms with Crippen LogP contribution in [0.3, 0.4) is 0 Å². The van der Waals surface area contributed by atoms with E-state index in [0.29, 0.717) is 18.0 Å². The molecule has 0 spiro atoms. The fourth-order valence-corrected chi connectivity index (χ4v) is 4.05. The van der Waals surface area contributed by atoms with Gasteiger partial charge in [0.05, 0.1) is 22.9 Å². The van der Waals surface area contributed by atoms with Gasteiger partial charge in [-0.05, 0) is 31.5 Å². The Morgan fingerprint density at radius 1 is 1.29 bits per heavy atom. The van der Waals surface area contributed by atoms with Crippen molar-refractivity contribution in [3.63, 3.8) is 0 Å². The summed E-state index contributed by atoms with van der Waals surface area (Å²) in [7, 11) is -3.27. The van der Waals surface area contributed by atoms with Crippen LogP contribution in [0, 0.1) is 0 Å². The van der Waals surface area contributed by atoms with E-state index < -0.39 is 9.84 Å². The summed E-state index contributed by atoms with van der Waals surface area (Å²) in [6, 6.07) is 6.89. The molecule has 0 aliphatic carbocycles. The smallest absolute Gasteiger partial charge is 0.179 e. The molecule has 21 heavy (non-hydrogen) atoms. The Labute approximate surface area is 127 Å². The first-order chi connectivity index (χ1) is 9.90. The van der Waals surface area contributed by atoms with Crippen LogP contribution in [0.5, 0.6) is 0 Å². The number of ether oxygens (including phenoxy) is 1. The van der Waals surface area contributed by atoms with Gasteiger partial charge in [-0.15, -0.1) is 0 Å². The van der Waals surface area contributed by atoms with Gasteiger partial charge in [0, 0.05) is 26.2 Å². The molecule has 0 radical (unpaired) electrons. The molecular formula is C15H24N2O3S. The molecule has 2 atom stereocenters. The molecule has 1 heterocycles. The zero-order chi connectivity index (χ0) is 15.5. The highest BCUT2D eigenvalue weighted by molar-refractivity contribution is 7.91. The lowest BCUT2D eigenvalue weighted by Crippen LogP contribution is -2.46. The third-order valence-electron chi connectivity index (χ3n) is 3.66. The van der Waals surface area contributed by atoms with Gasteiger partial charge in [0.2, 0.25) is 0 Å². The maximum atomic E-state index is 12.4. The number of sulfone groups is 1. The Morgan fingerprint density at radius 2 is 1.95 bits per heavy atom. The van der Waals surface area contributed by atoms with Crippen LogP contribution in [-0.2, 0) is 21.1 Å². The van der Waals surface area contributed by atoms with Gasteiger partial charge in [-0.1, -0.05) is 12.1 Å². The Bertz CT molecular complexity index is 564. The minimum absolute atomic E-state index is 0.125. The standard InChI is InChI=1S/C15H24N2O3S/c1-12-10-17(11-13(2)20-12)6-7-21(18,19)15-5-3-4-14(8-15)9-16/h3-5,8,12-13H,6-7,9-11,16H2,1-2H3/t12-,13+. The summed E-state index contributed by atoms with van der Waals surface area (Å²) in [4.78, 5) is 2.52. The first kappa shape index (κ1) is 16.4. The number of nitrogens with zero attached hydrogens (tertiary/aromatic N) is 1. The summed E-state index contributed by atoms with van der Waals surface area (Å²) in [5, 5.41) is 0. The van der Waals surface area contributed by atoms with Crippen molar-refractivity contribution in [1.82, 2.24) is 4.90 Å². The number of morpholine rings is 1. The van der Waals surface area contributed by atoms with Crippen molar-refractivity contribution >= 4 is 9.84 Å². The van der Waals surface area contributed by atoms with Gasteiger partial charge >= 0.3 is 0 Å². The first-order valence-electron chi connectivity index (χ1n) is 7.30. The molecule has 118 valence electrons. The number of hydrogen-bond acceptors (Lipinski definition) is 5. The summed E-state index contributed by atoms with van der Waals surface area (Å²) >= 11 is 0. The van der Waals surface area contributed by atoms with Crippen molar-refractivity contribution in [2.75, 3.05) is 25.4 Å². The van der Waals surface area contributed by atoms with Crippen molar-refractivity contribution in [3.8, 4) is 0 Å². The summed E-state index contributed by atoms with van der Waals surface area (Å²) in [6.07, 6.45) is 0.300. The van der Waals surface area contributed by atoms with E-state index in [1.165, 1.54) is 0 Å². The lowest BCUT2D eigenvalue weighted by atomic mass is 10.2. The van der Waals surface area contributed by atoms with Crippen LogP contribution in [-0.4, -0.2) is 50.9 Å². The van der Waals surface area contributed by atoms with Gasteiger partial charge in [-0.3, -0.25) is 4.90 Å². The van der Waals surface area contributed by atoms with E-state index in [1.54, 1.807) is 18.2 Å². The Balaban J connectivity index is 2.00. The van der Waals surface area contributed by atoms with E-state index in [1.807, 2.05) is 19.9 Å². The first-order valence-corrected chi connectivity index (χ1v) is 8.95. The number of nitrogens with two attached hydrogens (primary N) is 1. The van der Waals surface area contributed by atoms with Crippen LogP contribution >= 0.6 is 0 Å². The van der Waals surface area contributed by atoms with Gasteiger partial charge in [0.25, 0.3) is 0 Å². The molecule has 0 bridgehead atoms. The minimum Gasteiger partial charge on any atom is -0.373 e. The third kappa shape index (κ3) is 4.51. The van der Waals surface area contributed by atoms with Crippen LogP contribution < -0.4 is 5.73 Å². The van der Waals surface area contributed by atoms with E-state index in [4.69, 9.17) is 10.5 Å². The highest BCUT2D eigenvalue weighted by Crippen LogP contribution is 2.15. The van der Waals surface area contributed by atoms with Crippen molar-refractivity contribution in [2.24, 2.45) is 5.73 Å². The highest BCUT2D eigenvalue weighted by atomic mass is 32.2. The van der Waals surface area contributed by atoms with Gasteiger partial charge in [-0.25, -0.2) is 8.42 Å². The molecule has 1 saturated heterocycles. The Kier molecular flexibility index (Phi) is 5.37. The predicted octanol–water partition coefficient (Wildman–Crippen LogP) is 1.03. The molecule has 1 aliphatic rings. The quantitative estimate of drug-likeness (QED) is 0.879. The molecule has 0 amide bonds. The maximum Gasteiger partial charge on any atom is 0.179 e. The monoisotopic (exact) mass is 312 g/mol. The normalized spacial score (nSPS) is 24.1. The van der Waals surface area contributed by atoms with Gasteiger partial charge in [-0.2, -0.15) is 0 Å². The molecule has 0 saturated carbocycles. The Morgan fingerprint density at radius 3 is 2.57 bits per heavy atom. The second kappa shape index (κ2) is 6.87. The number of hydrogen-bond donors (Lipinski definition) is 1. The van der Waals surface area contributed by atoms with Crippen LogP contribution in [0.4, 0.5) is 0 Å². The van der Waals surface area contributed by atoms with E-state index in [2.05, 4.69) is 4.90 Å². The van der Waals surface area contributed by atoms with Crippen LogP contribution in [0.15, 0.2) is 29.2 Å². The van der Waals surface area contributed by atoms with Crippen molar-refractivity contribution in [2.45, 2.75) is 37.5 Å². The maximum absolute atomic E-state index is 12.4. The van der Waals surface area contributed by atoms with Crippen LogP contribution in [0.2, 0.25) is 0 Å². The second-order valence-corrected chi connectivity index (χ2v) is 7.80. The SMILES string of the molecule is C[C@@H]1CN(CCS(=O)(=O)c2cccc(CN)c2)C[C@H](C)O1. The van der Waals surface area contributed by atoms with Crippen LogP contribution in [0.1, 0.15) is 19.4 Å². The zero-order valence-corrected chi connectivity index (χ0v) is 13.5. The fourth-order valence-electron chi connectivity index (χ4n) is 2.70. The lowest BCUT2D eigenvalue weighted by molar-refractivity contribution is -0.0662. The largest absolute Gasteiger partial charge is 0.373 e. The van der Waals surface area contributed by atoms with E-state index in [0.717, 1.165) is 18.7 Å². The Hall–Kier alpha value is -0.950. The van der Waals surface area contributed by atoms with E-state index in [-0.39, 0.29) is 18.0 Å². The van der Waals surface area contributed by atoms with E-state index >= 15 is 0 Å². The number of benzene rings is 1. The van der Waals surface area contributed by atoms with Crippen molar-refractivity contribution in [1.29, 1.82) is 0 Å². The van der Waals surface area contributed by atoms with Crippen molar-refractivity contribution < 1.29 is 13.2 Å². The molecular weight excluding hydrogens is 288 g/mol. The minimum atomic E-state index is -3.27. The molecule has 2 N–H and O–H groups in total. The molecule has 1 aromatic carbocycles. The van der Waals surface area contributed by atoms with E-state index in [9.17, 15) is 8.42 Å². The zero-order valence-electron chi connectivity index (χ0n) is 12.7. The summed E-state index contributed by atoms with van der Waals surface area (Å²) in [5.41, 5.74) is 6.40. The molecule has 0 aromatic heterocycles. The molecule has 2 rings (SSSR count). The fraction of sp³-hybridized carbons (Fsp3) is 0.600. The molecule has 0 unspecified atom stereocenters. The summed E-state index contributed by atoms with van der Waals surface area (Å²) in [6.45, 7) is 6.48. The van der Waals surface area contributed by atoms with Gasteiger partial charge in [0.15, 0.2) is 9.84 Å². The molecule has 1 aromatic rings. The average molecular weight is 312 g/mol. The van der Waals surface area contributed by atoms with Crippen molar-refractivity contribution in [3.05, 3.63) is 29.8 Å². The molecule has 5 nitrogen and oxygen atoms in total. The number of rotatable bonds is 5. The second-order valence-electron chi connectivity index (χ2n) is 5.69. The third-order valence-corrected chi connectivity index (χ3v) is 5.36. The summed E-state index contributed by atoms with van der Waals surface area (Å²) < 4.78 is 30.5. The highest BCUT2D eigenvalue weighted by Gasteiger charge is 2.24.